The number of H-pyrrole nitrogens is 1. The number of fused-ring (bicyclic) bond motifs is 1. The van der Waals surface area contributed by atoms with Crippen molar-refractivity contribution < 1.29 is 9.59 Å². The standard InChI is InChI=1S/C21H22N6O3/c1-11-3-2-4-13(9-11)15-14(10-22)19(29)24-18-16(15)20(30)26-21(25-18)27-7-5-12(6-8-27)17(23)28/h2-4,9,12,14-15H,5-8H2,1H3,(H2,23,28)(H2,24,25,26,29,30). The summed E-state index contributed by atoms with van der Waals surface area (Å²) in [5.41, 5.74) is 6.96. The molecule has 2 unspecified atom stereocenters. The highest BCUT2D eigenvalue weighted by atomic mass is 16.2. The minimum absolute atomic E-state index is 0.175. The summed E-state index contributed by atoms with van der Waals surface area (Å²) in [6.07, 6.45) is 1.15. The van der Waals surface area contributed by atoms with E-state index in [0.717, 1.165) is 11.1 Å². The van der Waals surface area contributed by atoms with Gasteiger partial charge in [-0.1, -0.05) is 29.8 Å². The Morgan fingerprint density at radius 2 is 2.03 bits per heavy atom. The van der Waals surface area contributed by atoms with E-state index in [4.69, 9.17) is 5.73 Å². The fraction of sp³-hybridized carbons (Fsp3) is 0.381. The lowest BCUT2D eigenvalue weighted by Gasteiger charge is -2.33. The number of aromatic amines is 1. The monoisotopic (exact) mass is 406 g/mol. The molecule has 2 atom stereocenters. The zero-order valence-electron chi connectivity index (χ0n) is 16.5. The summed E-state index contributed by atoms with van der Waals surface area (Å²) in [5, 5.41) is 12.2. The summed E-state index contributed by atoms with van der Waals surface area (Å²) in [7, 11) is 0. The zero-order valence-corrected chi connectivity index (χ0v) is 16.5. The first-order chi connectivity index (χ1) is 14.4. The molecule has 9 nitrogen and oxygen atoms in total. The largest absolute Gasteiger partial charge is 0.369 e. The molecule has 154 valence electrons. The Bertz CT molecular complexity index is 1110. The molecule has 1 fully saturated rings. The molecule has 0 spiro atoms. The molecule has 30 heavy (non-hydrogen) atoms. The van der Waals surface area contributed by atoms with Gasteiger partial charge in [0.2, 0.25) is 17.8 Å². The number of piperidine rings is 1. The molecule has 0 bridgehead atoms. The maximum atomic E-state index is 13.1. The summed E-state index contributed by atoms with van der Waals surface area (Å²) < 4.78 is 0. The molecular weight excluding hydrogens is 384 g/mol. The molecule has 2 amide bonds. The Morgan fingerprint density at radius 1 is 1.30 bits per heavy atom. The number of rotatable bonds is 3. The topological polar surface area (TPSA) is 145 Å². The number of nitrogens with one attached hydrogen (secondary N) is 2. The van der Waals surface area contributed by atoms with Crippen LogP contribution >= 0.6 is 0 Å². The number of hydrogen-bond acceptors (Lipinski definition) is 6. The number of benzene rings is 1. The van der Waals surface area contributed by atoms with E-state index < -0.39 is 23.3 Å². The first-order valence-corrected chi connectivity index (χ1v) is 9.84. The predicted octanol–water partition coefficient (Wildman–Crippen LogP) is 1.00. The van der Waals surface area contributed by atoms with Gasteiger partial charge in [-0.2, -0.15) is 10.2 Å². The number of carbonyl (C=O) groups is 2. The molecule has 4 N–H and O–H groups in total. The second-order valence-electron chi connectivity index (χ2n) is 7.80. The minimum atomic E-state index is -1.03. The average Bonchev–Trinajstić information content (AvgIpc) is 2.72. The number of anilines is 2. The van der Waals surface area contributed by atoms with Crippen molar-refractivity contribution in [1.82, 2.24) is 9.97 Å². The molecule has 0 radical (unpaired) electrons. The number of nitrogens with two attached hydrogens (primary N) is 1. The first-order valence-electron chi connectivity index (χ1n) is 9.84. The number of aromatic nitrogens is 2. The Morgan fingerprint density at radius 3 is 2.67 bits per heavy atom. The van der Waals surface area contributed by atoms with Gasteiger partial charge in [0, 0.05) is 24.9 Å². The normalized spacial score (nSPS) is 21.5. The lowest BCUT2D eigenvalue weighted by molar-refractivity contribution is -0.122. The van der Waals surface area contributed by atoms with Gasteiger partial charge in [0.25, 0.3) is 5.56 Å². The summed E-state index contributed by atoms with van der Waals surface area (Å²) in [4.78, 5) is 46.3. The number of carbonyl (C=O) groups excluding carboxylic acids is 2. The van der Waals surface area contributed by atoms with Crippen molar-refractivity contribution in [2.75, 3.05) is 23.3 Å². The third-order valence-electron chi connectivity index (χ3n) is 5.85. The van der Waals surface area contributed by atoms with Crippen LogP contribution in [-0.2, 0) is 9.59 Å². The number of amides is 2. The van der Waals surface area contributed by atoms with Gasteiger partial charge in [-0.25, -0.2) is 0 Å². The minimum Gasteiger partial charge on any atom is -0.369 e. The highest BCUT2D eigenvalue weighted by Crippen LogP contribution is 2.38. The highest BCUT2D eigenvalue weighted by molar-refractivity contribution is 5.98. The van der Waals surface area contributed by atoms with E-state index in [1.807, 2.05) is 42.2 Å². The van der Waals surface area contributed by atoms with Gasteiger partial charge in [0.1, 0.15) is 11.7 Å². The maximum Gasteiger partial charge on any atom is 0.258 e. The third kappa shape index (κ3) is 3.41. The van der Waals surface area contributed by atoms with Crippen LogP contribution in [0.15, 0.2) is 29.1 Å². The fourth-order valence-corrected chi connectivity index (χ4v) is 4.25. The molecule has 9 heteroatoms. The van der Waals surface area contributed by atoms with Crippen LogP contribution in [-0.4, -0.2) is 34.9 Å². The van der Waals surface area contributed by atoms with Gasteiger partial charge < -0.3 is 16.0 Å². The van der Waals surface area contributed by atoms with Crippen LogP contribution in [0.1, 0.15) is 35.4 Å². The second-order valence-corrected chi connectivity index (χ2v) is 7.80. The van der Waals surface area contributed by atoms with E-state index in [-0.39, 0.29) is 23.2 Å². The van der Waals surface area contributed by atoms with E-state index >= 15 is 0 Å². The zero-order chi connectivity index (χ0) is 21.4. The third-order valence-corrected chi connectivity index (χ3v) is 5.85. The molecule has 0 aliphatic carbocycles. The van der Waals surface area contributed by atoms with Crippen LogP contribution in [0.4, 0.5) is 11.8 Å². The van der Waals surface area contributed by atoms with Gasteiger partial charge in [-0.05, 0) is 25.3 Å². The van der Waals surface area contributed by atoms with Gasteiger partial charge in [0.05, 0.1) is 11.6 Å². The fourth-order valence-electron chi connectivity index (χ4n) is 4.25. The summed E-state index contributed by atoms with van der Waals surface area (Å²) in [5.74, 6) is -2.21. The first kappa shape index (κ1) is 19.6. The molecule has 1 aromatic heterocycles. The van der Waals surface area contributed by atoms with Crippen molar-refractivity contribution in [3.05, 3.63) is 51.3 Å². The smallest absolute Gasteiger partial charge is 0.258 e. The molecule has 1 saturated heterocycles. The van der Waals surface area contributed by atoms with E-state index in [9.17, 15) is 19.6 Å². The number of nitriles is 1. The number of aryl methyl sites for hydroxylation is 1. The van der Waals surface area contributed by atoms with E-state index in [1.54, 1.807) is 0 Å². The molecule has 4 rings (SSSR count). The second kappa shape index (κ2) is 7.63. The van der Waals surface area contributed by atoms with Crippen LogP contribution in [0.2, 0.25) is 0 Å². The Balaban J connectivity index is 1.75. The van der Waals surface area contributed by atoms with Gasteiger partial charge in [0.15, 0.2) is 0 Å². The number of primary amides is 1. The number of nitrogens with zero attached hydrogens (tertiary/aromatic N) is 3. The molecule has 3 heterocycles. The Hall–Kier alpha value is -3.67. The molecule has 1 aromatic carbocycles. The molecular formula is C21H22N6O3. The van der Waals surface area contributed by atoms with Crippen LogP contribution < -0.4 is 21.5 Å². The lowest BCUT2D eigenvalue weighted by atomic mass is 9.79. The lowest BCUT2D eigenvalue weighted by Crippen LogP contribution is -2.42. The summed E-state index contributed by atoms with van der Waals surface area (Å²) in [6, 6.07) is 9.47. The van der Waals surface area contributed by atoms with Crippen LogP contribution in [0.25, 0.3) is 0 Å². The number of hydrogen-bond donors (Lipinski definition) is 3. The van der Waals surface area contributed by atoms with Crippen LogP contribution in [0, 0.1) is 30.1 Å². The van der Waals surface area contributed by atoms with Crippen molar-refractivity contribution in [3.8, 4) is 6.07 Å². The summed E-state index contributed by atoms with van der Waals surface area (Å²) >= 11 is 0. The van der Waals surface area contributed by atoms with Gasteiger partial charge in [-0.15, -0.1) is 0 Å². The quantitative estimate of drug-likeness (QED) is 0.693. The van der Waals surface area contributed by atoms with Crippen molar-refractivity contribution in [2.45, 2.75) is 25.7 Å². The van der Waals surface area contributed by atoms with Gasteiger partial charge in [-0.3, -0.25) is 19.4 Å². The maximum absolute atomic E-state index is 13.1. The van der Waals surface area contributed by atoms with Crippen molar-refractivity contribution in [1.29, 1.82) is 5.26 Å². The van der Waals surface area contributed by atoms with Crippen molar-refractivity contribution in [2.24, 2.45) is 17.6 Å². The van der Waals surface area contributed by atoms with Crippen molar-refractivity contribution in [3.63, 3.8) is 0 Å². The van der Waals surface area contributed by atoms with Crippen LogP contribution in [0.5, 0.6) is 0 Å². The van der Waals surface area contributed by atoms with E-state index in [2.05, 4.69) is 15.3 Å². The SMILES string of the molecule is Cc1cccc(C2c3c(nc(N4CCC(C(N)=O)CC4)[nH]c3=O)NC(=O)C2C#N)c1. The molecule has 2 aliphatic rings. The van der Waals surface area contributed by atoms with Gasteiger partial charge >= 0.3 is 0 Å². The molecule has 2 aliphatic heterocycles. The van der Waals surface area contributed by atoms with Crippen LogP contribution in [0.3, 0.4) is 0 Å². The Kier molecular flexibility index (Phi) is 4.99. The summed E-state index contributed by atoms with van der Waals surface area (Å²) in [6.45, 7) is 2.95. The Labute approximate surface area is 172 Å². The van der Waals surface area contributed by atoms with E-state index in [0.29, 0.717) is 31.9 Å². The predicted molar refractivity (Wildman–Crippen MR) is 110 cm³/mol. The average molecular weight is 406 g/mol. The highest BCUT2D eigenvalue weighted by Gasteiger charge is 2.40. The molecule has 0 saturated carbocycles. The molecule has 2 aromatic rings. The van der Waals surface area contributed by atoms with Crippen molar-refractivity contribution >= 4 is 23.6 Å². The van der Waals surface area contributed by atoms with E-state index in [1.165, 1.54) is 0 Å².